The van der Waals surface area contributed by atoms with Crippen molar-refractivity contribution in [2.75, 3.05) is 24.4 Å². The van der Waals surface area contributed by atoms with Gasteiger partial charge in [-0.05, 0) is 42.5 Å². The van der Waals surface area contributed by atoms with Crippen molar-refractivity contribution < 1.29 is 22.0 Å². The summed E-state index contributed by atoms with van der Waals surface area (Å²) >= 11 is 1.19. The Morgan fingerprint density at radius 1 is 1.38 bits per heavy atom. The summed E-state index contributed by atoms with van der Waals surface area (Å²) in [6, 6.07) is 4.78. The van der Waals surface area contributed by atoms with Gasteiger partial charge < -0.3 is 0 Å². The number of anilines is 1. The highest BCUT2D eigenvalue weighted by molar-refractivity contribution is 7.93. The van der Waals surface area contributed by atoms with E-state index in [9.17, 15) is 22.0 Å². The number of nitrogens with zero attached hydrogens (tertiary/aromatic N) is 2. The normalized spacial score (nSPS) is 21.7. The largest absolute Gasteiger partial charge is 0.298 e. The number of sulfonamides is 1. The van der Waals surface area contributed by atoms with Gasteiger partial charge in [-0.25, -0.2) is 22.2 Å². The molecule has 0 spiro atoms. The average Bonchev–Trinajstić information content (AvgIpc) is 3.29. The number of nitrogens with one attached hydrogen (secondary N) is 1. The topological polar surface area (TPSA) is 79.4 Å². The van der Waals surface area contributed by atoms with E-state index >= 15 is 0 Å². The van der Waals surface area contributed by atoms with E-state index in [0.717, 1.165) is 17.5 Å². The molecule has 1 aliphatic carbocycles. The Balaban J connectivity index is 1.52. The lowest BCUT2D eigenvalue weighted by Gasteiger charge is -2.26. The van der Waals surface area contributed by atoms with Crippen LogP contribution in [0.25, 0.3) is 0 Å². The number of alkyl halides is 2. The SMILES string of the molecule is O=C(CN1CCC(F)(F)C1)C1CCCc2cc(S(=O)(=O)Nc3nccs3)ccc21. The van der Waals surface area contributed by atoms with Crippen molar-refractivity contribution in [3.63, 3.8) is 0 Å². The van der Waals surface area contributed by atoms with Crippen molar-refractivity contribution in [3.05, 3.63) is 40.9 Å². The first-order valence-electron chi connectivity index (χ1n) is 9.42. The molecule has 1 N–H and O–H groups in total. The maximum absolute atomic E-state index is 13.4. The smallest absolute Gasteiger partial charge is 0.263 e. The molecule has 2 heterocycles. The lowest BCUT2D eigenvalue weighted by molar-refractivity contribution is -0.122. The number of benzene rings is 1. The van der Waals surface area contributed by atoms with Gasteiger partial charge in [0, 0.05) is 30.5 Å². The molecule has 1 aromatic carbocycles. The third-order valence-electron chi connectivity index (χ3n) is 5.41. The zero-order valence-electron chi connectivity index (χ0n) is 15.6. The standard InChI is InChI=1S/C19H21F2N3O3S2/c20-19(21)6-8-24(12-19)11-17(25)16-3-1-2-13-10-14(4-5-15(13)16)29(26,27)23-18-22-7-9-28-18/h4-5,7,9-10,16H,1-3,6,8,11-12H2,(H,22,23). The summed E-state index contributed by atoms with van der Waals surface area (Å²) < 4.78 is 54.4. The number of ketones is 1. The Morgan fingerprint density at radius 2 is 2.21 bits per heavy atom. The first-order valence-corrected chi connectivity index (χ1v) is 11.8. The van der Waals surface area contributed by atoms with Crippen LogP contribution in [0.4, 0.5) is 13.9 Å². The molecule has 2 aromatic rings. The lowest BCUT2D eigenvalue weighted by atomic mass is 9.80. The summed E-state index contributed by atoms with van der Waals surface area (Å²) in [7, 11) is -3.76. The molecule has 156 valence electrons. The van der Waals surface area contributed by atoms with Crippen LogP contribution in [0.15, 0.2) is 34.7 Å². The second-order valence-corrected chi connectivity index (χ2v) is 10.1. The molecule has 1 atom stereocenters. The van der Waals surface area contributed by atoms with Crippen LogP contribution < -0.4 is 4.72 Å². The van der Waals surface area contributed by atoms with E-state index < -0.39 is 15.9 Å². The number of halogens is 2. The number of rotatable bonds is 6. The van der Waals surface area contributed by atoms with E-state index in [2.05, 4.69) is 9.71 Å². The molecule has 0 amide bonds. The Labute approximate surface area is 172 Å². The fraction of sp³-hybridized carbons (Fsp3) is 0.474. The monoisotopic (exact) mass is 441 g/mol. The maximum atomic E-state index is 13.4. The number of hydrogen-bond donors (Lipinski definition) is 1. The van der Waals surface area contributed by atoms with E-state index in [4.69, 9.17) is 0 Å². The summed E-state index contributed by atoms with van der Waals surface area (Å²) in [6.45, 7) is -0.152. The molecule has 10 heteroatoms. The maximum Gasteiger partial charge on any atom is 0.263 e. The van der Waals surface area contributed by atoms with Crippen LogP contribution >= 0.6 is 11.3 Å². The second kappa shape index (κ2) is 7.73. The molecule has 29 heavy (non-hydrogen) atoms. The van der Waals surface area contributed by atoms with E-state index in [0.29, 0.717) is 12.8 Å². The van der Waals surface area contributed by atoms with Gasteiger partial charge in [-0.15, -0.1) is 11.3 Å². The fourth-order valence-electron chi connectivity index (χ4n) is 4.01. The fourth-order valence-corrected chi connectivity index (χ4v) is 5.85. The number of hydrogen-bond acceptors (Lipinski definition) is 6. The van der Waals surface area contributed by atoms with E-state index in [1.54, 1.807) is 17.5 Å². The predicted molar refractivity (Wildman–Crippen MR) is 106 cm³/mol. The number of fused-ring (bicyclic) bond motifs is 1. The van der Waals surface area contributed by atoms with Crippen LogP contribution in [0.5, 0.6) is 0 Å². The number of aryl methyl sites for hydroxylation is 1. The molecule has 6 nitrogen and oxygen atoms in total. The van der Waals surface area contributed by atoms with E-state index in [1.165, 1.54) is 28.5 Å². The minimum Gasteiger partial charge on any atom is -0.298 e. The molecular formula is C19H21F2N3O3S2. The molecule has 1 fully saturated rings. The van der Waals surface area contributed by atoms with Crippen molar-refractivity contribution in [1.29, 1.82) is 0 Å². The van der Waals surface area contributed by atoms with Crippen LogP contribution in [0, 0.1) is 0 Å². The lowest BCUT2D eigenvalue weighted by Crippen LogP contribution is -2.33. The van der Waals surface area contributed by atoms with Gasteiger partial charge in [-0.3, -0.25) is 14.4 Å². The van der Waals surface area contributed by atoms with Gasteiger partial charge in [0.2, 0.25) is 0 Å². The Bertz CT molecular complexity index is 1010. The van der Waals surface area contributed by atoms with Crippen molar-refractivity contribution in [1.82, 2.24) is 9.88 Å². The quantitative estimate of drug-likeness (QED) is 0.744. The van der Waals surface area contributed by atoms with Crippen molar-refractivity contribution >= 4 is 32.3 Å². The minimum absolute atomic E-state index is 0.00531. The molecule has 0 radical (unpaired) electrons. The number of carbonyl (C=O) groups is 1. The number of carbonyl (C=O) groups excluding carboxylic acids is 1. The van der Waals surface area contributed by atoms with Crippen LogP contribution in [-0.2, 0) is 21.2 Å². The summed E-state index contributed by atoms with van der Waals surface area (Å²) in [4.78, 5) is 18.4. The van der Waals surface area contributed by atoms with Gasteiger partial charge in [0.15, 0.2) is 10.9 Å². The molecule has 1 unspecified atom stereocenters. The van der Waals surface area contributed by atoms with E-state index in [1.807, 2.05) is 0 Å². The van der Waals surface area contributed by atoms with Gasteiger partial charge in [-0.1, -0.05) is 6.07 Å². The van der Waals surface area contributed by atoms with Gasteiger partial charge in [0.1, 0.15) is 0 Å². The van der Waals surface area contributed by atoms with Crippen LogP contribution in [0.1, 0.15) is 36.3 Å². The summed E-state index contributed by atoms with van der Waals surface area (Å²) in [5, 5.41) is 1.97. The summed E-state index contributed by atoms with van der Waals surface area (Å²) in [6.07, 6.45) is 3.39. The summed E-state index contributed by atoms with van der Waals surface area (Å²) in [5.74, 6) is -3.19. The van der Waals surface area contributed by atoms with Crippen molar-refractivity contribution in [2.24, 2.45) is 0 Å². The second-order valence-electron chi connectivity index (χ2n) is 7.53. The average molecular weight is 442 g/mol. The Morgan fingerprint density at radius 3 is 2.90 bits per heavy atom. The number of thiazole rings is 1. The summed E-state index contributed by atoms with van der Waals surface area (Å²) in [5.41, 5.74) is 1.63. The molecule has 1 aliphatic heterocycles. The minimum atomic E-state index is -3.76. The van der Waals surface area contributed by atoms with Crippen LogP contribution in [0.2, 0.25) is 0 Å². The third kappa shape index (κ3) is 4.49. The highest BCUT2D eigenvalue weighted by atomic mass is 32.2. The zero-order valence-corrected chi connectivity index (χ0v) is 17.2. The van der Waals surface area contributed by atoms with Gasteiger partial charge in [0.05, 0.1) is 18.0 Å². The predicted octanol–water partition coefficient (Wildman–Crippen LogP) is 3.27. The molecule has 4 rings (SSSR count). The van der Waals surface area contributed by atoms with Crippen LogP contribution in [0.3, 0.4) is 0 Å². The van der Waals surface area contributed by atoms with Gasteiger partial charge in [-0.2, -0.15) is 0 Å². The highest BCUT2D eigenvalue weighted by Gasteiger charge is 2.39. The highest BCUT2D eigenvalue weighted by Crippen LogP contribution is 2.35. The first-order chi connectivity index (χ1) is 13.7. The molecule has 1 saturated heterocycles. The third-order valence-corrected chi connectivity index (χ3v) is 7.56. The Hall–Kier alpha value is -1.91. The van der Waals surface area contributed by atoms with Crippen molar-refractivity contribution in [3.8, 4) is 0 Å². The number of aromatic nitrogens is 1. The molecule has 1 aromatic heterocycles. The molecule has 0 bridgehead atoms. The van der Waals surface area contributed by atoms with Gasteiger partial charge in [0.25, 0.3) is 15.9 Å². The number of Topliss-reactive ketones (excluding diaryl/α,β-unsaturated/α-hetero) is 1. The molecule has 0 saturated carbocycles. The first kappa shape index (κ1) is 20.4. The van der Waals surface area contributed by atoms with Crippen LogP contribution in [-0.4, -0.2) is 49.6 Å². The Kier molecular flexibility index (Phi) is 5.43. The van der Waals surface area contributed by atoms with Crippen molar-refractivity contribution in [2.45, 2.75) is 42.4 Å². The molecule has 2 aliphatic rings. The van der Waals surface area contributed by atoms with E-state index in [-0.39, 0.29) is 47.8 Å². The number of likely N-dealkylation sites (tertiary alicyclic amines) is 1. The zero-order chi connectivity index (χ0) is 20.6. The molecular weight excluding hydrogens is 420 g/mol. The van der Waals surface area contributed by atoms with Gasteiger partial charge >= 0.3 is 0 Å².